The molecule has 0 unspecified atom stereocenters. The van der Waals surface area contributed by atoms with Crippen molar-refractivity contribution in [3.63, 3.8) is 0 Å². The van der Waals surface area contributed by atoms with Gasteiger partial charge in [-0.3, -0.25) is 4.79 Å². The van der Waals surface area contributed by atoms with E-state index in [1.165, 1.54) is 0 Å². The quantitative estimate of drug-likeness (QED) is 0.254. The van der Waals surface area contributed by atoms with Crippen molar-refractivity contribution in [2.24, 2.45) is 0 Å². The van der Waals surface area contributed by atoms with Crippen LogP contribution in [0.5, 0.6) is 0 Å². The fraction of sp³-hybridized carbons (Fsp3) is 0.400. The number of carbonyl (C=O) groups is 1. The predicted octanol–water partition coefficient (Wildman–Crippen LogP) is -0.503. The van der Waals surface area contributed by atoms with E-state index in [4.69, 9.17) is 0 Å². The SMILES string of the molecule is C=CC(=O)NCCO[N+](=O)[O-]. The van der Waals surface area contributed by atoms with E-state index in [-0.39, 0.29) is 19.1 Å². The van der Waals surface area contributed by atoms with Crippen LogP contribution in [0.2, 0.25) is 0 Å². The van der Waals surface area contributed by atoms with Gasteiger partial charge in [0.25, 0.3) is 5.09 Å². The predicted molar refractivity (Wildman–Crippen MR) is 36.2 cm³/mol. The van der Waals surface area contributed by atoms with Crippen molar-refractivity contribution >= 4 is 5.91 Å². The summed E-state index contributed by atoms with van der Waals surface area (Å²) in [5, 5.41) is 10.9. The summed E-state index contributed by atoms with van der Waals surface area (Å²) in [6.45, 7) is 3.14. The molecule has 6 heteroatoms. The second-order valence-electron chi connectivity index (χ2n) is 1.55. The molecule has 0 aliphatic heterocycles. The van der Waals surface area contributed by atoms with Crippen LogP contribution in [0.15, 0.2) is 12.7 Å². The highest BCUT2D eigenvalue weighted by Crippen LogP contribution is 1.72. The first-order chi connectivity index (χ1) is 5.16. The molecule has 11 heavy (non-hydrogen) atoms. The summed E-state index contributed by atoms with van der Waals surface area (Å²) in [4.78, 5) is 23.9. The molecule has 6 nitrogen and oxygen atoms in total. The fourth-order valence-corrected chi connectivity index (χ4v) is 0.367. The van der Waals surface area contributed by atoms with Crippen molar-refractivity contribution in [3.05, 3.63) is 22.8 Å². The number of nitrogens with one attached hydrogen (secondary N) is 1. The highest BCUT2D eigenvalue weighted by atomic mass is 16.9. The molecule has 0 bridgehead atoms. The number of carbonyl (C=O) groups excluding carboxylic acids is 1. The Morgan fingerprint density at radius 2 is 2.45 bits per heavy atom. The monoisotopic (exact) mass is 160 g/mol. The standard InChI is InChI=1S/C5H8N2O4/c1-2-5(8)6-3-4-11-7(9)10/h2H,1,3-4H2,(H,6,8). The average Bonchev–Trinajstić information content (AvgIpc) is 1.97. The Labute approximate surface area is 62.9 Å². The number of amides is 1. The van der Waals surface area contributed by atoms with Crippen LogP contribution in [0, 0.1) is 10.1 Å². The van der Waals surface area contributed by atoms with Crippen LogP contribution in [-0.4, -0.2) is 24.1 Å². The summed E-state index contributed by atoms with van der Waals surface area (Å²) >= 11 is 0. The van der Waals surface area contributed by atoms with Gasteiger partial charge in [0.2, 0.25) is 5.91 Å². The number of hydrogen-bond acceptors (Lipinski definition) is 4. The second kappa shape index (κ2) is 5.21. The molecule has 0 saturated carbocycles. The minimum atomic E-state index is -0.917. The first-order valence-electron chi connectivity index (χ1n) is 2.84. The molecule has 1 amide bonds. The van der Waals surface area contributed by atoms with Gasteiger partial charge in [0.05, 0.1) is 0 Å². The number of rotatable bonds is 5. The maximum absolute atomic E-state index is 10.4. The lowest BCUT2D eigenvalue weighted by Crippen LogP contribution is -2.25. The molecule has 0 atom stereocenters. The van der Waals surface area contributed by atoms with Crippen molar-refractivity contribution in [1.82, 2.24) is 5.32 Å². The van der Waals surface area contributed by atoms with Crippen LogP contribution in [0.1, 0.15) is 0 Å². The van der Waals surface area contributed by atoms with Crippen LogP contribution in [0.25, 0.3) is 0 Å². The van der Waals surface area contributed by atoms with Crippen molar-refractivity contribution in [2.45, 2.75) is 0 Å². The molecule has 0 aromatic heterocycles. The lowest BCUT2D eigenvalue weighted by atomic mass is 10.5. The minimum absolute atomic E-state index is 0.103. The topological polar surface area (TPSA) is 81.5 Å². The Kier molecular flexibility index (Phi) is 4.46. The molecule has 0 aromatic carbocycles. The highest BCUT2D eigenvalue weighted by Gasteiger charge is 1.95. The van der Waals surface area contributed by atoms with E-state index in [1.807, 2.05) is 0 Å². The molecule has 0 spiro atoms. The molecular formula is C5H8N2O4. The summed E-state index contributed by atoms with van der Waals surface area (Å²) in [5.74, 6) is -0.378. The van der Waals surface area contributed by atoms with E-state index in [0.29, 0.717) is 0 Å². The van der Waals surface area contributed by atoms with Gasteiger partial charge in [-0.05, 0) is 6.08 Å². The molecule has 0 fully saturated rings. The van der Waals surface area contributed by atoms with Crippen molar-refractivity contribution in [2.75, 3.05) is 13.2 Å². The van der Waals surface area contributed by atoms with E-state index >= 15 is 0 Å². The molecule has 1 N–H and O–H groups in total. The highest BCUT2D eigenvalue weighted by molar-refractivity contribution is 5.86. The van der Waals surface area contributed by atoms with Gasteiger partial charge in [-0.25, -0.2) is 0 Å². The minimum Gasteiger partial charge on any atom is -0.351 e. The largest absolute Gasteiger partial charge is 0.351 e. The van der Waals surface area contributed by atoms with Crippen LogP contribution in [0.4, 0.5) is 0 Å². The van der Waals surface area contributed by atoms with Crippen LogP contribution in [0.3, 0.4) is 0 Å². The Bertz CT molecular complexity index is 168. The maximum Gasteiger partial charge on any atom is 0.294 e. The lowest BCUT2D eigenvalue weighted by molar-refractivity contribution is -0.757. The third-order valence-corrected chi connectivity index (χ3v) is 0.783. The van der Waals surface area contributed by atoms with Gasteiger partial charge in [-0.2, -0.15) is 0 Å². The first-order valence-corrected chi connectivity index (χ1v) is 2.84. The van der Waals surface area contributed by atoms with Gasteiger partial charge in [0.15, 0.2) is 0 Å². The van der Waals surface area contributed by atoms with E-state index in [1.54, 1.807) is 0 Å². The summed E-state index contributed by atoms with van der Waals surface area (Å²) in [7, 11) is 0. The smallest absolute Gasteiger partial charge is 0.294 e. The average molecular weight is 160 g/mol. The second-order valence-corrected chi connectivity index (χ2v) is 1.55. The third kappa shape index (κ3) is 6.29. The van der Waals surface area contributed by atoms with E-state index in [2.05, 4.69) is 16.7 Å². The van der Waals surface area contributed by atoms with Crippen LogP contribution in [-0.2, 0) is 9.63 Å². The molecule has 0 saturated heterocycles. The Balaban J connectivity index is 3.21. The molecule has 0 heterocycles. The van der Waals surface area contributed by atoms with Crippen molar-refractivity contribution < 1.29 is 14.7 Å². The first kappa shape index (κ1) is 9.41. The molecular weight excluding hydrogens is 152 g/mol. The maximum atomic E-state index is 10.4. The Morgan fingerprint density at radius 3 is 2.91 bits per heavy atom. The normalized spacial score (nSPS) is 8.36. The zero-order valence-corrected chi connectivity index (χ0v) is 5.78. The summed E-state index contributed by atoms with van der Waals surface area (Å²) in [5.41, 5.74) is 0. The molecule has 62 valence electrons. The fourth-order valence-electron chi connectivity index (χ4n) is 0.367. The summed E-state index contributed by atoms with van der Waals surface area (Å²) < 4.78 is 0. The lowest BCUT2D eigenvalue weighted by Gasteiger charge is -1.98. The summed E-state index contributed by atoms with van der Waals surface area (Å²) in [6.07, 6.45) is 1.08. The van der Waals surface area contributed by atoms with Crippen LogP contribution < -0.4 is 5.32 Å². The van der Waals surface area contributed by atoms with Gasteiger partial charge >= 0.3 is 0 Å². The van der Waals surface area contributed by atoms with Gasteiger partial charge in [0, 0.05) is 6.54 Å². The zero-order valence-electron chi connectivity index (χ0n) is 5.78. The van der Waals surface area contributed by atoms with Crippen molar-refractivity contribution in [1.29, 1.82) is 0 Å². The summed E-state index contributed by atoms with van der Waals surface area (Å²) in [6, 6.07) is 0. The van der Waals surface area contributed by atoms with E-state index in [0.717, 1.165) is 6.08 Å². The van der Waals surface area contributed by atoms with Gasteiger partial charge in [0.1, 0.15) is 6.61 Å². The van der Waals surface area contributed by atoms with E-state index < -0.39 is 5.09 Å². The Hall–Kier alpha value is -1.59. The molecule has 0 aliphatic rings. The number of nitrogens with zero attached hydrogens (tertiary/aromatic N) is 1. The number of hydrogen-bond donors (Lipinski definition) is 1. The van der Waals surface area contributed by atoms with Gasteiger partial charge < -0.3 is 10.2 Å². The van der Waals surface area contributed by atoms with Crippen LogP contribution >= 0.6 is 0 Å². The zero-order chi connectivity index (χ0) is 8.69. The van der Waals surface area contributed by atoms with Crippen molar-refractivity contribution in [3.8, 4) is 0 Å². The molecule has 0 aromatic rings. The van der Waals surface area contributed by atoms with E-state index in [9.17, 15) is 14.9 Å². The molecule has 0 radical (unpaired) electrons. The molecule has 0 aliphatic carbocycles. The Morgan fingerprint density at radius 1 is 1.82 bits per heavy atom. The van der Waals surface area contributed by atoms with Gasteiger partial charge in [-0.1, -0.05) is 6.58 Å². The third-order valence-electron chi connectivity index (χ3n) is 0.783. The van der Waals surface area contributed by atoms with Gasteiger partial charge in [-0.15, -0.1) is 10.1 Å². The molecule has 0 rings (SSSR count).